The largest absolute Gasteiger partial charge is 0.396 e. The summed E-state index contributed by atoms with van der Waals surface area (Å²) in [4.78, 5) is 7.32. The Morgan fingerprint density at radius 2 is 1.86 bits per heavy atom. The van der Waals surface area contributed by atoms with Crippen LogP contribution in [0.5, 0.6) is 0 Å². The van der Waals surface area contributed by atoms with E-state index in [0.29, 0.717) is 0 Å². The van der Waals surface area contributed by atoms with Gasteiger partial charge in [0.15, 0.2) is 5.96 Å². The molecule has 124 valence electrons. The molecule has 1 aliphatic heterocycles. The second kappa shape index (κ2) is 9.29. The molecule has 1 rings (SSSR count). The van der Waals surface area contributed by atoms with Crippen LogP contribution in [0.4, 0.5) is 0 Å². The van der Waals surface area contributed by atoms with Crippen LogP contribution in [0.25, 0.3) is 0 Å². The van der Waals surface area contributed by atoms with E-state index >= 15 is 0 Å². The van der Waals surface area contributed by atoms with Crippen LogP contribution >= 0.6 is 0 Å². The van der Waals surface area contributed by atoms with Gasteiger partial charge in [0.2, 0.25) is 0 Å². The van der Waals surface area contributed by atoms with Gasteiger partial charge < -0.3 is 15.3 Å². The van der Waals surface area contributed by atoms with Crippen molar-refractivity contribution in [2.45, 2.75) is 59.8 Å². The Labute approximate surface area is 131 Å². The van der Waals surface area contributed by atoms with Crippen LogP contribution in [0.2, 0.25) is 0 Å². The zero-order valence-corrected chi connectivity index (χ0v) is 14.5. The maximum Gasteiger partial charge on any atom is 0.193 e. The van der Waals surface area contributed by atoms with E-state index in [-0.39, 0.29) is 12.0 Å². The molecule has 2 N–H and O–H groups in total. The van der Waals surface area contributed by atoms with Crippen LogP contribution < -0.4 is 5.32 Å². The molecular weight excluding hydrogens is 262 g/mol. The first-order chi connectivity index (χ1) is 10.1. The van der Waals surface area contributed by atoms with Crippen LogP contribution in [0.1, 0.15) is 59.8 Å². The molecule has 0 aromatic carbocycles. The summed E-state index contributed by atoms with van der Waals surface area (Å²) in [5.41, 5.74) is 0.151. The first-order valence-electron chi connectivity index (χ1n) is 8.75. The molecule has 0 unspecified atom stereocenters. The normalized spacial score (nSPS) is 18.1. The molecule has 0 bridgehead atoms. The Morgan fingerprint density at radius 3 is 2.33 bits per heavy atom. The lowest BCUT2D eigenvalue weighted by atomic mass is 9.79. The molecule has 0 saturated carbocycles. The number of guanidine groups is 1. The predicted octanol–water partition coefficient (Wildman–Crippen LogP) is 2.87. The minimum absolute atomic E-state index is 0.151. The van der Waals surface area contributed by atoms with Crippen molar-refractivity contribution in [3.8, 4) is 0 Å². The highest BCUT2D eigenvalue weighted by atomic mass is 16.3. The van der Waals surface area contributed by atoms with Gasteiger partial charge in [0.05, 0.1) is 0 Å². The summed E-state index contributed by atoms with van der Waals surface area (Å²) in [5, 5.41) is 12.8. The fourth-order valence-electron chi connectivity index (χ4n) is 3.03. The van der Waals surface area contributed by atoms with E-state index in [4.69, 9.17) is 4.99 Å². The lowest BCUT2D eigenvalue weighted by Crippen LogP contribution is -2.46. The van der Waals surface area contributed by atoms with Gasteiger partial charge in [0.25, 0.3) is 0 Å². The van der Waals surface area contributed by atoms with Crippen molar-refractivity contribution in [1.29, 1.82) is 0 Å². The zero-order chi connectivity index (χ0) is 15.7. The third-order valence-electron chi connectivity index (χ3n) is 5.12. The number of piperidine rings is 1. The SMILES string of the molecule is CCNC(=NCC(CC)(CC)CCO)N1CCC(C)CC1. The van der Waals surface area contributed by atoms with Gasteiger partial charge in [0, 0.05) is 32.8 Å². The number of likely N-dealkylation sites (tertiary alicyclic amines) is 1. The molecule has 0 atom stereocenters. The summed E-state index contributed by atoms with van der Waals surface area (Å²) in [6.07, 6.45) is 5.51. The monoisotopic (exact) mass is 297 g/mol. The predicted molar refractivity (Wildman–Crippen MR) is 90.7 cm³/mol. The van der Waals surface area contributed by atoms with Crippen LogP contribution in [0.15, 0.2) is 4.99 Å². The van der Waals surface area contributed by atoms with Crippen LogP contribution in [-0.2, 0) is 0 Å². The number of aliphatic hydroxyl groups is 1. The number of nitrogens with zero attached hydrogens (tertiary/aromatic N) is 2. The van der Waals surface area contributed by atoms with Crippen LogP contribution in [-0.4, -0.2) is 48.8 Å². The van der Waals surface area contributed by atoms with Crippen molar-refractivity contribution in [3.05, 3.63) is 0 Å². The van der Waals surface area contributed by atoms with E-state index in [1.54, 1.807) is 0 Å². The summed E-state index contributed by atoms with van der Waals surface area (Å²) in [7, 11) is 0. The van der Waals surface area contributed by atoms with E-state index < -0.39 is 0 Å². The summed E-state index contributed by atoms with van der Waals surface area (Å²) in [6, 6.07) is 0. The van der Waals surface area contributed by atoms with Crippen LogP contribution in [0, 0.1) is 11.3 Å². The third-order valence-corrected chi connectivity index (χ3v) is 5.12. The molecule has 1 saturated heterocycles. The average Bonchev–Trinajstić information content (AvgIpc) is 2.51. The molecule has 21 heavy (non-hydrogen) atoms. The summed E-state index contributed by atoms with van der Waals surface area (Å²) >= 11 is 0. The molecule has 1 fully saturated rings. The quantitative estimate of drug-likeness (QED) is 0.561. The molecule has 0 spiro atoms. The number of rotatable bonds is 7. The van der Waals surface area contributed by atoms with Gasteiger partial charge >= 0.3 is 0 Å². The van der Waals surface area contributed by atoms with Crippen molar-refractivity contribution in [2.75, 3.05) is 32.8 Å². The first kappa shape index (κ1) is 18.3. The topological polar surface area (TPSA) is 47.9 Å². The molecule has 0 amide bonds. The van der Waals surface area contributed by atoms with Crippen molar-refractivity contribution in [2.24, 2.45) is 16.3 Å². The van der Waals surface area contributed by atoms with Crippen LogP contribution in [0.3, 0.4) is 0 Å². The van der Waals surface area contributed by atoms with E-state index in [0.717, 1.165) is 57.3 Å². The highest BCUT2D eigenvalue weighted by Gasteiger charge is 2.26. The van der Waals surface area contributed by atoms with E-state index in [1.807, 2.05) is 0 Å². The fraction of sp³-hybridized carbons (Fsp3) is 0.941. The number of nitrogens with one attached hydrogen (secondary N) is 1. The Kier molecular flexibility index (Phi) is 8.09. The van der Waals surface area contributed by atoms with Crippen molar-refractivity contribution in [1.82, 2.24) is 10.2 Å². The van der Waals surface area contributed by atoms with Crippen molar-refractivity contribution < 1.29 is 5.11 Å². The van der Waals surface area contributed by atoms with Gasteiger partial charge in [-0.2, -0.15) is 0 Å². The molecule has 0 aromatic heterocycles. The van der Waals surface area contributed by atoms with Crippen molar-refractivity contribution >= 4 is 5.96 Å². The van der Waals surface area contributed by atoms with Gasteiger partial charge in [-0.15, -0.1) is 0 Å². The number of aliphatic hydroxyl groups excluding tert-OH is 1. The minimum atomic E-state index is 0.151. The Bertz CT molecular complexity index is 305. The van der Waals surface area contributed by atoms with Gasteiger partial charge in [-0.3, -0.25) is 4.99 Å². The van der Waals surface area contributed by atoms with Crippen molar-refractivity contribution in [3.63, 3.8) is 0 Å². The number of hydrogen-bond acceptors (Lipinski definition) is 2. The number of aliphatic imine (C=N–C) groups is 1. The lowest BCUT2D eigenvalue weighted by molar-refractivity contribution is 0.174. The van der Waals surface area contributed by atoms with Gasteiger partial charge in [-0.25, -0.2) is 0 Å². The molecule has 1 aliphatic rings. The third kappa shape index (κ3) is 5.50. The second-order valence-corrected chi connectivity index (χ2v) is 6.52. The van der Waals surface area contributed by atoms with Gasteiger partial charge in [0.1, 0.15) is 0 Å². The highest BCUT2D eigenvalue weighted by molar-refractivity contribution is 5.80. The summed E-state index contributed by atoms with van der Waals surface area (Å²) in [5.74, 6) is 1.90. The maximum absolute atomic E-state index is 9.34. The average molecular weight is 297 g/mol. The number of hydrogen-bond donors (Lipinski definition) is 2. The van der Waals surface area contributed by atoms with E-state index in [1.165, 1.54) is 12.8 Å². The fourth-order valence-corrected chi connectivity index (χ4v) is 3.03. The standard InChI is InChI=1S/C17H35N3O/c1-5-17(6-2,10-13-21)14-19-16(18-7-3)20-11-8-15(4)9-12-20/h15,21H,5-14H2,1-4H3,(H,18,19). The molecule has 1 heterocycles. The van der Waals surface area contributed by atoms with Gasteiger partial charge in [-0.1, -0.05) is 20.8 Å². The smallest absolute Gasteiger partial charge is 0.193 e. The molecule has 4 nitrogen and oxygen atoms in total. The molecule has 0 aromatic rings. The molecular formula is C17H35N3O. The lowest BCUT2D eigenvalue weighted by Gasteiger charge is -2.34. The van der Waals surface area contributed by atoms with E-state index in [9.17, 15) is 5.11 Å². The first-order valence-corrected chi connectivity index (χ1v) is 8.75. The van der Waals surface area contributed by atoms with E-state index in [2.05, 4.69) is 37.9 Å². The summed E-state index contributed by atoms with van der Waals surface area (Å²) < 4.78 is 0. The van der Waals surface area contributed by atoms with Gasteiger partial charge in [-0.05, 0) is 50.4 Å². The zero-order valence-electron chi connectivity index (χ0n) is 14.5. The molecule has 0 radical (unpaired) electrons. The highest BCUT2D eigenvalue weighted by Crippen LogP contribution is 2.30. The minimum Gasteiger partial charge on any atom is -0.396 e. The Balaban J connectivity index is 2.73. The summed E-state index contributed by atoms with van der Waals surface area (Å²) in [6.45, 7) is 13.1. The maximum atomic E-state index is 9.34. The molecule has 0 aliphatic carbocycles. The second-order valence-electron chi connectivity index (χ2n) is 6.52. The Hall–Kier alpha value is -0.770. The molecule has 4 heteroatoms. The Morgan fingerprint density at radius 1 is 1.24 bits per heavy atom.